The summed E-state index contributed by atoms with van der Waals surface area (Å²) in [6.45, 7) is 0.755. The predicted molar refractivity (Wildman–Crippen MR) is 85.6 cm³/mol. The van der Waals surface area contributed by atoms with E-state index in [-0.39, 0.29) is 24.9 Å². The zero-order valence-corrected chi connectivity index (χ0v) is 12.9. The molecule has 0 bridgehead atoms. The number of carbonyl (C=O) groups excluding carboxylic acids is 2. The Hall–Kier alpha value is -2.93. The molecule has 1 aliphatic rings. The smallest absolute Gasteiger partial charge is 0.259 e. The normalized spacial score (nSPS) is 17.3. The van der Waals surface area contributed by atoms with Gasteiger partial charge in [0.15, 0.2) is 6.10 Å². The van der Waals surface area contributed by atoms with Gasteiger partial charge in [0.25, 0.3) is 5.91 Å². The number of nitrogens with zero attached hydrogens (tertiary/aromatic N) is 2. The van der Waals surface area contributed by atoms with Crippen molar-refractivity contribution in [3.8, 4) is 11.6 Å². The number of amides is 2. The minimum absolute atomic E-state index is 0.119. The molecule has 0 saturated carbocycles. The van der Waals surface area contributed by atoms with Gasteiger partial charge >= 0.3 is 0 Å². The molecule has 124 valence electrons. The molecule has 0 radical (unpaired) electrons. The Morgan fingerprint density at radius 2 is 2.00 bits per heavy atom. The number of aromatic nitrogens is 1. The van der Waals surface area contributed by atoms with Gasteiger partial charge in [-0.15, -0.1) is 0 Å². The molecule has 1 aliphatic heterocycles. The Kier molecular flexibility index (Phi) is 4.72. The van der Waals surface area contributed by atoms with Crippen LogP contribution in [0.15, 0.2) is 48.7 Å². The standard InChI is InChI=1S/C17H17N3O4/c18-15(21)14-11-20(9-10-23-14)17(22)13-7-4-8-19-16(13)24-12-5-2-1-3-6-12/h1-8,14H,9-11H2,(H2,18,21). The lowest BCUT2D eigenvalue weighted by Gasteiger charge is -2.31. The molecule has 1 aromatic heterocycles. The molecule has 2 aromatic rings. The fourth-order valence-corrected chi connectivity index (χ4v) is 2.41. The van der Waals surface area contributed by atoms with Crippen LogP contribution in [0.1, 0.15) is 10.4 Å². The number of primary amides is 1. The van der Waals surface area contributed by atoms with Crippen molar-refractivity contribution < 1.29 is 19.1 Å². The van der Waals surface area contributed by atoms with Gasteiger partial charge in [0.1, 0.15) is 11.3 Å². The lowest BCUT2D eigenvalue weighted by Crippen LogP contribution is -2.50. The van der Waals surface area contributed by atoms with Crippen LogP contribution in [0.4, 0.5) is 0 Å². The zero-order chi connectivity index (χ0) is 16.9. The molecule has 2 amide bonds. The molecular weight excluding hydrogens is 310 g/mol. The number of hydrogen-bond acceptors (Lipinski definition) is 5. The van der Waals surface area contributed by atoms with Crippen molar-refractivity contribution in [3.05, 3.63) is 54.2 Å². The maximum Gasteiger partial charge on any atom is 0.259 e. The van der Waals surface area contributed by atoms with Gasteiger partial charge in [0.05, 0.1) is 13.2 Å². The Bertz CT molecular complexity index is 736. The summed E-state index contributed by atoms with van der Waals surface area (Å²) in [6.07, 6.45) is 0.762. The maximum atomic E-state index is 12.8. The Morgan fingerprint density at radius 1 is 1.21 bits per heavy atom. The van der Waals surface area contributed by atoms with E-state index in [0.717, 1.165) is 0 Å². The number of morpholine rings is 1. The second-order valence-electron chi connectivity index (χ2n) is 5.28. The van der Waals surface area contributed by atoms with Crippen LogP contribution in [0.3, 0.4) is 0 Å². The van der Waals surface area contributed by atoms with Crippen molar-refractivity contribution in [2.45, 2.75) is 6.10 Å². The third-order valence-electron chi connectivity index (χ3n) is 3.63. The number of para-hydroxylation sites is 1. The van der Waals surface area contributed by atoms with Gasteiger partial charge in [-0.2, -0.15) is 0 Å². The van der Waals surface area contributed by atoms with E-state index in [1.807, 2.05) is 18.2 Å². The van der Waals surface area contributed by atoms with E-state index in [1.165, 1.54) is 4.90 Å². The van der Waals surface area contributed by atoms with Crippen LogP contribution in [0.2, 0.25) is 0 Å². The van der Waals surface area contributed by atoms with Gasteiger partial charge < -0.3 is 20.1 Å². The monoisotopic (exact) mass is 327 g/mol. The van der Waals surface area contributed by atoms with Gasteiger partial charge in [0, 0.05) is 12.7 Å². The number of hydrogen-bond donors (Lipinski definition) is 1. The molecule has 1 aromatic carbocycles. The first-order valence-electron chi connectivity index (χ1n) is 7.53. The lowest BCUT2D eigenvalue weighted by molar-refractivity contribution is -0.133. The number of ether oxygens (including phenoxy) is 2. The summed E-state index contributed by atoms with van der Waals surface area (Å²) in [7, 11) is 0. The molecule has 3 rings (SSSR count). The minimum atomic E-state index is -0.794. The molecule has 1 fully saturated rings. The van der Waals surface area contributed by atoms with E-state index in [2.05, 4.69) is 4.98 Å². The van der Waals surface area contributed by atoms with Gasteiger partial charge in [-0.3, -0.25) is 9.59 Å². The van der Waals surface area contributed by atoms with Gasteiger partial charge in [-0.25, -0.2) is 4.98 Å². The van der Waals surface area contributed by atoms with Crippen LogP contribution >= 0.6 is 0 Å². The predicted octanol–water partition coefficient (Wildman–Crippen LogP) is 1.20. The van der Waals surface area contributed by atoms with E-state index < -0.39 is 12.0 Å². The van der Waals surface area contributed by atoms with E-state index in [9.17, 15) is 9.59 Å². The maximum absolute atomic E-state index is 12.8. The van der Waals surface area contributed by atoms with Crippen molar-refractivity contribution in [2.24, 2.45) is 5.73 Å². The molecule has 0 aliphatic carbocycles. The van der Waals surface area contributed by atoms with Crippen LogP contribution < -0.4 is 10.5 Å². The van der Waals surface area contributed by atoms with Crippen LogP contribution in [-0.4, -0.2) is 47.5 Å². The Morgan fingerprint density at radius 3 is 2.75 bits per heavy atom. The molecule has 2 N–H and O–H groups in total. The highest BCUT2D eigenvalue weighted by Crippen LogP contribution is 2.24. The molecule has 24 heavy (non-hydrogen) atoms. The fourth-order valence-electron chi connectivity index (χ4n) is 2.41. The van der Waals surface area contributed by atoms with E-state index in [4.69, 9.17) is 15.2 Å². The second kappa shape index (κ2) is 7.10. The van der Waals surface area contributed by atoms with Crippen molar-refractivity contribution in [1.82, 2.24) is 9.88 Å². The van der Waals surface area contributed by atoms with Crippen LogP contribution in [-0.2, 0) is 9.53 Å². The van der Waals surface area contributed by atoms with Crippen LogP contribution in [0.5, 0.6) is 11.6 Å². The average Bonchev–Trinajstić information content (AvgIpc) is 2.62. The minimum Gasteiger partial charge on any atom is -0.438 e. The highest BCUT2D eigenvalue weighted by atomic mass is 16.5. The summed E-state index contributed by atoms with van der Waals surface area (Å²) < 4.78 is 11.0. The first-order valence-corrected chi connectivity index (χ1v) is 7.53. The highest BCUT2D eigenvalue weighted by molar-refractivity contribution is 5.97. The van der Waals surface area contributed by atoms with E-state index in [1.54, 1.807) is 30.5 Å². The zero-order valence-electron chi connectivity index (χ0n) is 12.9. The van der Waals surface area contributed by atoms with Crippen molar-refractivity contribution in [2.75, 3.05) is 19.7 Å². The molecular formula is C17H17N3O4. The summed E-state index contributed by atoms with van der Waals surface area (Å²) in [5.74, 6) is -0.0546. The number of nitrogens with two attached hydrogens (primary N) is 1. The molecule has 1 unspecified atom stereocenters. The number of pyridine rings is 1. The van der Waals surface area contributed by atoms with E-state index >= 15 is 0 Å². The largest absolute Gasteiger partial charge is 0.438 e. The topological polar surface area (TPSA) is 94.8 Å². The van der Waals surface area contributed by atoms with Gasteiger partial charge in [-0.05, 0) is 24.3 Å². The first kappa shape index (κ1) is 15.9. The Balaban J connectivity index is 1.81. The SMILES string of the molecule is NC(=O)C1CN(C(=O)c2cccnc2Oc2ccccc2)CCO1. The molecule has 2 heterocycles. The number of rotatable bonds is 4. The van der Waals surface area contributed by atoms with E-state index in [0.29, 0.717) is 17.9 Å². The van der Waals surface area contributed by atoms with Crippen molar-refractivity contribution >= 4 is 11.8 Å². The summed E-state index contributed by atoms with van der Waals surface area (Å²) in [6, 6.07) is 12.4. The van der Waals surface area contributed by atoms with Crippen LogP contribution in [0, 0.1) is 0 Å². The van der Waals surface area contributed by atoms with Crippen molar-refractivity contribution in [3.63, 3.8) is 0 Å². The molecule has 7 nitrogen and oxygen atoms in total. The first-order chi connectivity index (χ1) is 11.6. The Labute approximate surface area is 139 Å². The number of benzene rings is 1. The molecule has 0 spiro atoms. The molecule has 7 heteroatoms. The summed E-state index contributed by atoms with van der Waals surface area (Å²) in [4.78, 5) is 29.7. The number of carbonyl (C=O) groups is 2. The second-order valence-corrected chi connectivity index (χ2v) is 5.28. The van der Waals surface area contributed by atoms with Gasteiger partial charge in [0.2, 0.25) is 11.8 Å². The van der Waals surface area contributed by atoms with Crippen molar-refractivity contribution in [1.29, 1.82) is 0 Å². The summed E-state index contributed by atoms with van der Waals surface area (Å²) in [5.41, 5.74) is 5.59. The quantitative estimate of drug-likeness (QED) is 0.910. The highest BCUT2D eigenvalue weighted by Gasteiger charge is 2.29. The average molecular weight is 327 g/mol. The molecule has 1 saturated heterocycles. The molecule has 1 atom stereocenters. The van der Waals surface area contributed by atoms with Gasteiger partial charge in [-0.1, -0.05) is 18.2 Å². The summed E-state index contributed by atoms with van der Waals surface area (Å²) in [5, 5.41) is 0. The fraction of sp³-hybridized carbons (Fsp3) is 0.235. The lowest BCUT2D eigenvalue weighted by atomic mass is 10.2. The van der Waals surface area contributed by atoms with Crippen LogP contribution in [0.25, 0.3) is 0 Å². The third-order valence-corrected chi connectivity index (χ3v) is 3.63. The summed E-state index contributed by atoms with van der Waals surface area (Å²) >= 11 is 0. The third kappa shape index (κ3) is 3.52.